The summed E-state index contributed by atoms with van der Waals surface area (Å²) in [5.41, 5.74) is 1.10. The van der Waals surface area contributed by atoms with E-state index in [-0.39, 0.29) is 5.91 Å². The van der Waals surface area contributed by atoms with Crippen molar-refractivity contribution < 1.29 is 4.79 Å². The Hall–Kier alpha value is -1.39. The number of hydrogen-bond acceptors (Lipinski definition) is 3. The lowest BCUT2D eigenvalue weighted by molar-refractivity contribution is 0.102. The number of aryl methyl sites for hydroxylation is 1. The minimum atomic E-state index is -0.216. The zero-order valence-electron chi connectivity index (χ0n) is 8.53. The Kier molecular flexibility index (Phi) is 3.22. The van der Waals surface area contributed by atoms with Crippen LogP contribution in [0, 0.1) is 6.92 Å². The highest BCUT2D eigenvalue weighted by Gasteiger charge is 2.09. The summed E-state index contributed by atoms with van der Waals surface area (Å²) in [6.07, 6.45) is 0. The Morgan fingerprint density at radius 1 is 1.44 bits per heavy atom. The van der Waals surface area contributed by atoms with Crippen LogP contribution in [0.5, 0.6) is 0 Å². The maximum absolute atomic E-state index is 11.7. The first-order valence-electron chi connectivity index (χ1n) is 4.65. The molecule has 5 heteroatoms. The van der Waals surface area contributed by atoms with Crippen LogP contribution in [0.25, 0.3) is 0 Å². The minimum Gasteiger partial charge on any atom is -0.321 e. The number of hydrogen-bond donors (Lipinski definition) is 1. The molecule has 0 aliphatic carbocycles. The summed E-state index contributed by atoms with van der Waals surface area (Å²) < 4.78 is 4.03. The van der Waals surface area contributed by atoms with Crippen LogP contribution in [0.4, 0.5) is 5.69 Å². The molecule has 0 saturated carbocycles. The van der Waals surface area contributed by atoms with Crippen LogP contribution in [0.1, 0.15) is 15.4 Å². The first-order chi connectivity index (χ1) is 7.65. The third-order valence-electron chi connectivity index (χ3n) is 1.94. The van der Waals surface area contributed by atoms with E-state index in [4.69, 9.17) is 11.6 Å². The SMILES string of the molecule is Cc1cc(C(=O)Nc2cccc(Cl)c2)ns1. The van der Waals surface area contributed by atoms with Crippen molar-refractivity contribution in [3.63, 3.8) is 0 Å². The van der Waals surface area contributed by atoms with Gasteiger partial charge in [0.05, 0.1) is 0 Å². The van der Waals surface area contributed by atoms with Crippen molar-refractivity contribution in [1.29, 1.82) is 0 Å². The maximum atomic E-state index is 11.7. The number of aromatic nitrogens is 1. The lowest BCUT2D eigenvalue weighted by Gasteiger charge is -2.02. The zero-order valence-corrected chi connectivity index (χ0v) is 10.1. The van der Waals surface area contributed by atoms with Gasteiger partial charge < -0.3 is 5.32 Å². The molecule has 0 atom stereocenters. The van der Waals surface area contributed by atoms with Gasteiger partial charge in [0.1, 0.15) is 5.69 Å². The van der Waals surface area contributed by atoms with Crippen molar-refractivity contribution in [2.24, 2.45) is 0 Å². The van der Waals surface area contributed by atoms with Crippen LogP contribution >= 0.6 is 23.1 Å². The van der Waals surface area contributed by atoms with Gasteiger partial charge in [0, 0.05) is 15.6 Å². The Morgan fingerprint density at radius 3 is 2.88 bits per heavy atom. The van der Waals surface area contributed by atoms with Gasteiger partial charge in [-0.15, -0.1) is 0 Å². The van der Waals surface area contributed by atoms with Crippen LogP contribution in [-0.2, 0) is 0 Å². The topological polar surface area (TPSA) is 42.0 Å². The molecule has 82 valence electrons. The van der Waals surface area contributed by atoms with Crippen LogP contribution in [0.2, 0.25) is 5.02 Å². The van der Waals surface area contributed by atoms with E-state index in [2.05, 4.69) is 9.69 Å². The Morgan fingerprint density at radius 2 is 2.25 bits per heavy atom. The van der Waals surface area contributed by atoms with E-state index >= 15 is 0 Å². The highest BCUT2D eigenvalue weighted by atomic mass is 35.5. The van der Waals surface area contributed by atoms with Gasteiger partial charge in [-0.3, -0.25) is 4.79 Å². The molecule has 1 N–H and O–H groups in total. The second-order valence-corrected chi connectivity index (χ2v) is 4.73. The standard InChI is InChI=1S/C11H9ClN2OS/c1-7-5-10(14-16-7)11(15)13-9-4-2-3-8(12)6-9/h2-6H,1H3,(H,13,15). The number of carbonyl (C=O) groups is 1. The van der Waals surface area contributed by atoms with Crippen LogP contribution in [0.15, 0.2) is 30.3 Å². The predicted molar refractivity (Wildman–Crippen MR) is 66.3 cm³/mol. The molecule has 0 saturated heterocycles. The fourth-order valence-corrected chi connectivity index (χ4v) is 1.97. The largest absolute Gasteiger partial charge is 0.321 e. The maximum Gasteiger partial charge on any atom is 0.275 e. The van der Waals surface area contributed by atoms with Crippen molar-refractivity contribution >= 4 is 34.7 Å². The van der Waals surface area contributed by atoms with Crippen LogP contribution in [-0.4, -0.2) is 10.3 Å². The van der Waals surface area contributed by atoms with E-state index in [1.807, 2.05) is 6.92 Å². The van der Waals surface area contributed by atoms with Gasteiger partial charge in [-0.25, -0.2) is 0 Å². The number of carbonyl (C=O) groups excluding carboxylic acids is 1. The van der Waals surface area contributed by atoms with Gasteiger partial charge in [-0.2, -0.15) is 4.37 Å². The average molecular weight is 253 g/mol. The van der Waals surface area contributed by atoms with Crippen molar-refractivity contribution in [3.05, 3.63) is 45.9 Å². The highest BCUT2D eigenvalue weighted by Crippen LogP contribution is 2.16. The first kappa shape index (κ1) is 11.1. The smallest absolute Gasteiger partial charge is 0.275 e. The summed E-state index contributed by atoms with van der Waals surface area (Å²) in [5, 5.41) is 3.32. The molecule has 0 aliphatic rings. The first-order valence-corrected chi connectivity index (χ1v) is 5.80. The second-order valence-electron chi connectivity index (χ2n) is 3.29. The van der Waals surface area contributed by atoms with Gasteiger partial charge in [0.2, 0.25) is 0 Å². The molecule has 1 amide bonds. The Labute approximate surface area is 102 Å². The number of rotatable bonds is 2. The second kappa shape index (κ2) is 4.63. The molecule has 16 heavy (non-hydrogen) atoms. The summed E-state index contributed by atoms with van der Waals surface area (Å²) in [5.74, 6) is -0.216. The van der Waals surface area contributed by atoms with Gasteiger partial charge in [-0.1, -0.05) is 17.7 Å². The molecule has 0 aliphatic heterocycles. The molecule has 2 rings (SSSR count). The summed E-state index contributed by atoms with van der Waals surface area (Å²) >= 11 is 7.12. The Balaban J connectivity index is 2.13. The van der Waals surface area contributed by atoms with Gasteiger partial charge >= 0.3 is 0 Å². The van der Waals surface area contributed by atoms with Crippen LogP contribution in [0.3, 0.4) is 0 Å². The lowest BCUT2D eigenvalue weighted by atomic mass is 10.3. The number of nitrogens with one attached hydrogen (secondary N) is 1. The van der Waals surface area contributed by atoms with E-state index < -0.39 is 0 Å². The van der Waals surface area contributed by atoms with Gasteiger partial charge in [0.25, 0.3) is 5.91 Å². The third-order valence-corrected chi connectivity index (χ3v) is 2.87. The fourth-order valence-electron chi connectivity index (χ4n) is 1.23. The number of halogens is 1. The molecular weight excluding hydrogens is 244 g/mol. The van der Waals surface area contributed by atoms with Gasteiger partial charge in [-0.05, 0) is 42.7 Å². The number of nitrogens with zero attached hydrogens (tertiary/aromatic N) is 1. The third kappa shape index (κ3) is 2.59. The fraction of sp³-hybridized carbons (Fsp3) is 0.0909. The summed E-state index contributed by atoms with van der Waals surface area (Å²) in [4.78, 5) is 12.7. The highest BCUT2D eigenvalue weighted by molar-refractivity contribution is 7.05. The van der Waals surface area contributed by atoms with Crippen molar-refractivity contribution in [2.45, 2.75) is 6.92 Å². The van der Waals surface area contributed by atoms with Crippen molar-refractivity contribution in [3.8, 4) is 0 Å². The summed E-state index contributed by atoms with van der Waals surface area (Å²) in [7, 11) is 0. The normalized spacial score (nSPS) is 10.1. The molecule has 0 unspecified atom stereocenters. The van der Waals surface area contributed by atoms with Crippen LogP contribution < -0.4 is 5.32 Å². The van der Waals surface area contributed by atoms with Crippen molar-refractivity contribution in [1.82, 2.24) is 4.37 Å². The van der Waals surface area contributed by atoms with E-state index in [1.165, 1.54) is 11.5 Å². The monoisotopic (exact) mass is 252 g/mol. The molecule has 1 heterocycles. The summed E-state index contributed by atoms with van der Waals surface area (Å²) in [6.45, 7) is 1.91. The Bertz CT molecular complexity index is 524. The predicted octanol–water partition coefficient (Wildman–Crippen LogP) is 3.36. The lowest BCUT2D eigenvalue weighted by Crippen LogP contribution is -2.11. The molecule has 0 bridgehead atoms. The zero-order chi connectivity index (χ0) is 11.5. The average Bonchev–Trinajstić information content (AvgIpc) is 2.65. The molecule has 0 fully saturated rings. The van der Waals surface area contributed by atoms with E-state index in [0.717, 1.165) is 4.88 Å². The quantitative estimate of drug-likeness (QED) is 0.891. The number of anilines is 1. The molecule has 0 spiro atoms. The van der Waals surface area contributed by atoms with Gasteiger partial charge in [0.15, 0.2) is 0 Å². The molecule has 1 aromatic carbocycles. The molecule has 0 radical (unpaired) electrons. The molecule has 1 aromatic heterocycles. The van der Waals surface area contributed by atoms with Crippen molar-refractivity contribution in [2.75, 3.05) is 5.32 Å². The number of amides is 1. The van der Waals surface area contributed by atoms with E-state index in [1.54, 1.807) is 30.3 Å². The van der Waals surface area contributed by atoms with E-state index in [0.29, 0.717) is 16.4 Å². The number of benzene rings is 1. The molecular formula is C11H9ClN2OS. The van der Waals surface area contributed by atoms with E-state index in [9.17, 15) is 4.79 Å². The molecule has 2 aromatic rings. The minimum absolute atomic E-state index is 0.216. The summed E-state index contributed by atoms with van der Waals surface area (Å²) in [6, 6.07) is 8.76. The molecule has 3 nitrogen and oxygen atoms in total.